The van der Waals surface area contributed by atoms with E-state index in [9.17, 15) is 13.6 Å². The number of amides is 1. The SMILES string of the molecule is CC(C)c1cnc2c(N(C(=O)OC(C)(C)C)c3c(F)cccc3F)cc(Cl)nn12. The first kappa shape index (κ1) is 21.0. The van der Waals surface area contributed by atoms with Crippen LogP contribution < -0.4 is 4.90 Å². The first-order valence-corrected chi connectivity index (χ1v) is 9.38. The van der Waals surface area contributed by atoms with Crippen molar-refractivity contribution in [2.45, 2.75) is 46.1 Å². The Labute approximate surface area is 172 Å². The molecule has 0 spiro atoms. The number of nitrogens with zero attached hydrogens (tertiary/aromatic N) is 4. The van der Waals surface area contributed by atoms with Gasteiger partial charge in [0.25, 0.3) is 0 Å². The van der Waals surface area contributed by atoms with Gasteiger partial charge in [0.05, 0.1) is 11.9 Å². The highest BCUT2D eigenvalue weighted by Crippen LogP contribution is 2.36. The van der Waals surface area contributed by atoms with Crippen LogP contribution in [-0.4, -0.2) is 26.3 Å². The molecule has 3 aromatic rings. The molecule has 1 aromatic carbocycles. The standard InChI is InChI=1S/C20H21ClF2N4O2/c1-11(2)15-10-24-18-14(9-16(21)25-27(15)18)26(19(28)29-20(3,4)5)17-12(22)7-6-8-13(17)23/h6-11H,1-5H3. The molecule has 0 saturated carbocycles. The van der Waals surface area contributed by atoms with Gasteiger partial charge in [0.2, 0.25) is 0 Å². The third-order valence-corrected chi connectivity index (χ3v) is 4.20. The molecule has 0 saturated heterocycles. The fraction of sp³-hybridized carbons (Fsp3) is 0.350. The fourth-order valence-corrected chi connectivity index (χ4v) is 3.00. The summed E-state index contributed by atoms with van der Waals surface area (Å²) in [5.74, 6) is -1.82. The molecule has 0 N–H and O–H groups in total. The van der Waals surface area contributed by atoms with Gasteiger partial charge in [0.1, 0.15) is 28.6 Å². The molecule has 3 rings (SSSR count). The number of fused-ring (bicyclic) bond motifs is 1. The van der Waals surface area contributed by atoms with Crippen LogP contribution in [0.1, 0.15) is 46.2 Å². The number of rotatable bonds is 3. The number of hydrogen-bond donors (Lipinski definition) is 0. The van der Waals surface area contributed by atoms with Gasteiger partial charge in [0.15, 0.2) is 10.8 Å². The summed E-state index contributed by atoms with van der Waals surface area (Å²) in [6.45, 7) is 8.84. The van der Waals surface area contributed by atoms with Crippen molar-refractivity contribution in [2.24, 2.45) is 0 Å². The van der Waals surface area contributed by atoms with E-state index in [-0.39, 0.29) is 22.4 Å². The molecule has 0 bridgehead atoms. The summed E-state index contributed by atoms with van der Waals surface area (Å²) in [6, 6.07) is 4.65. The van der Waals surface area contributed by atoms with Crippen molar-refractivity contribution in [1.82, 2.24) is 14.6 Å². The Morgan fingerprint density at radius 3 is 2.41 bits per heavy atom. The van der Waals surface area contributed by atoms with Crippen molar-refractivity contribution in [1.29, 1.82) is 0 Å². The molecule has 6 nitrogen and oxygen atoms in total. The average Bonchev–Trinajstić information content (AvgIpc) is 3.00. The highest BCUT2D eigenvalue weighted by Gasteiger charge is 2.32. The number of aromatic nitrogens is 3. The molecule has 0 atom stereocenters. The Balaban J connectivity index is 2.31. The van der Waals surface area contributed by atoms with Gasteiger partial charge in [-0.15, -0.1) is 0 Å². The van der Waals surface area contributed by atoms with E-state index in [1.165, 1.54) is 16.6 Å². The van der Waals surface area contributed by atoms with Crippen LogP contribution in [0.3, 0.4) is 0 Å². The second kappa shape index (κ2) is 7.59. The van der Waals surface area contributed by atoms with Crippen molar-refractivity contribution in [3.63, 3.8) is 0 Å². The lowest BCUT2D eigenvalue weighted by Gasteiger charge is -2.28. The van der Waals surface area contributed by atoms with Gasteiger partial charge < -0.3 is 4.74 Å². The molecule has 0 fully saturated rings. The molecule has 1 amide bonds. The molecular weight excluding hydrogens is 402 g/mol. The second-order valence-corrected chi connectivity index (χ2v) is 8.20. The number of carbonyl (C=O) groups is 1. The lowest BCUT2D eigenvalue weighted by atomic mass is 10.1. The first-order valence-electron chi connectivity index (χ1n) is 9.01. The summed E-state index contributed by atoms with van der Waals surface area (Å²) in [6.07, 6.45) is 0.609. The van der Waals surface area contributed by atoms with Gasteiger partial charge in [-0.2, -0.15) is 5.10 Å². The Hall–Kier alpha value is -2.74. The van der Waals surface area contributed by atoms with Crippen LogP contribution in [0.4, 0.5) is 25.0 Å². The predicted octanol–water partition coefficient (Wildman–Crippen LogP) is 5.86. The van der Waals surface area contributed by atoms with Crippen LogP contribution in [0.25, 0.3) is 5.65 Å². The monoisotopic (exact) mass is 422 g/mol. The summed E-state index contributed by atoms with van der Waals surface area (Å²) < 4.78 is 36.2. The molecule has 0 aliphatic heterocycles. The van der Waals surface area contributed by atoms with E-state index in [1.54, 1.807) is 27.0 Å². The quantitative estimate of drug-likeness (QED) is 0.530. The first-order chi connectivity index (χ1) is 13.5. The smallest absolute Gasteiger partial charge is 0.419 e. The van der Waals surface area contributed by atoms with E-state index < -0.39 is 29.0 Å². The highest BCUT2D eigenvalue weighted by atomic mass is 35.5. The van der Waals surface area contributed by atoms with Crippen LogP contribution in [-0.2, 0) is 4.74 Å². The minimum atomic E-state index is -0.972. The fourth-order valence-electron chi connectivity index (χ4n) is 2.82. The Morgan fingerprint density at radius 1 is 1.24 bits per heavy atom. The molecule has 0 aliphatic carbocycles. The molecule has 2 heterocycles. The number of halogens is 3. The zero-order valence-corrected chi connectivity index (χ0v) is 17.5. The number of hydrogen-bond acceptors (Lipinski definition) is 4. The van der Waals surface area contributed by atoms with Crippen LogP contribution in [0.5, 0.6) is 0 Å². The second-order valence-electron chi connectivity index (χ2n) is 7.81. The third kappa shape index (κ3) is 4.17. The number of carbonyl (C=O) groups excluding carboxylic acids is 1. The third-order valence-electron chi connectivity index (χ3n) is 4.01. The molecule has 0 unspecified atom stereocenters. The molecule has 0 radical (unpaired) electrons. The summed E-state index contributed by atoms with van der Waals surface area (Å²) >= 11 is 6.18. The van der Waals surface area contributed by atoms with Crippen molar-refractivity contribution in [3.8, 4) is 0 Å². The van der Waals surface area contributed by atoms with Crippen molar-refractivity contribution < 1.29 is 18.3 Å². The Morgan fingerprint density at radius 2 is 1.86 bits per heavy atom. The number of anilines is 2. The van der Waals surface area contributed by atoms with E-state index in [0.29, 0.717) is 0 Å². The van der Waals surface area contributed by atoms with Crippen molar-refractivity contribution >= 4 is 34.7 Å². The van der Waals surface area contributed by atoms with Gasteiger partial charge >= 0.3 is 6.09 Å². The lowest BCUT2D eigenvalue weighted by Crippen LogP contribution is -2.35. The molecule has 154 valence electrons. The van der Waals surface area contributed by atoms with E-state index >= 15 is 0 Å². The zero-order chi connectivity index (χ0) is 21.5. The largest absolute Gasteiger partial charge is 0.443 e. The molecule has 29 heavy (non-hydrogen) atoms. The summed E-state index contributed by atoms with van der Waals surface area (Å²) in [7, 11) is 0. The van der Waals surface area contributed by atoms with E-state index in [1.807, 2.05) is 13.8 Å². The van der Waals surface area contributed by atoms with E-state index in [4.69, 9.17) is 16.3 Å². The van der Waals surface area contributed by atoms with Gasteiger partial charge in [0, 0.05) is 6.07 Å². The average molecular weight is 423 g/mol. The zero-order valence-electron chi connectivity index (χ0n) is 16.7. The van der Waals surface area contributed by atoms with E-state index in [0.717, 1.165) is 22.7 Å². The van der Waals surface area contributed by atoms with Gasteiger partial charge in [-0.3, -0.25) is 0 Å². The maximum absolute atomic E-state index is 14.6. The molecule has 2 aromatic heterocycles. The van der Waals surface area contributed by atoms with Crippen LogP contribution in [0, 0.1) is 11.6 Å². The summed E-state index contributed by atoms with van der Waals surface area (Å²) in [5.41, 5.74) is -0.494. The lowest BCUT2D eigenvalue weighted by molar-refractivity contribution is 0.0597. The minimum Gasteiger partial charge on any atom is -0.443 e. The van der Waals surface area contributed by atoms with Crippen molar-refractivity contribution in [2.75, 3.05) is 4.90 Å². The van der Waals surface area contributed by atoms with Crippen LogP contribution in [0.15, 0.2) is 30.5 Å². The molecule has 0 aliphatic rings. The molecule has 9 heteroatoms. The van der Waals surface area contributed by atoms with E-state index in [2.05, 4.69) is 10.1 Å². The van der Waals surface area contributed by atoms with Crippen LogP contribution in [0.2, 0.25) is 5.15 Å². The van der Waals surface area contributed by atoms with Crippen molar-refractivity contribution in [3.05, 3.63) is 52.9 Å². The maximum atomic E-state index is 14.6. The maximum Gasteiger partial charge on any atom is 0.419 e. The Bertz CT molecular complexity index is 1060. The molecular formula is C20H21ClF2N4O2. The normalized spacial score (nSPS) is 11.9. The van der Waals surface area contributed by atoms with Gasteiger partial charge in [-0.25, -0.2) is 28.0 Å². The predicted molar refractivity (Wildman–Crippen MR) is 107 cm³/mol. The number of para-hydroxylation sites is 1. The van der Waals surface area contributed by atoms with Crippen LogP contribution >= 0.6 is 11.6 Å². The summed E-state index contributed by atoms with van der Waals surface area (Å²) in [4.78, 5) is 18.1. The topological polar surface area (TPSA) is 59.7 Å². The number of ether oxygens (including phenoxy) is 1. The minimum absolute atomic E-state index is 0.0257. The highest BCUT2D eigenvalue weighted by molar-refractivity contribution is 6.29. The van der Waals surface area contributed by atoms with Gasteiger partial charge in [-0.05, 0) is 38.8 Å². The van der Waals surface area contributed by atoms with Gasteiger partial charge in [-0.1, -0.05) is 31.5 Å². The Kier molecular flexibility index (Phi) is 5.49. The number of imidazole rings is 1. The number of benzene rings is 1. The summed E-state index contributed by atoms with van der Waals surface area (Å²) in [5, 5.41) is 4.25.